The summed E-state index contributed by atoms with van der Waals surface area (Å²) in [5.41, 5.74) is 0. The molecule has 4 rings (SSSR count). The summed E-state index contributed by atoms with van der Waals surface area (Å²) in [7, 11) is 0. The highest BCUT2D eigenvalue weighted by Crippen LogP contribution is 2.33. The molecule has 0 saturated carbocycles. The number of aldehydes is 1. The van der Waals surface area contributed by atoms with Crippen LogP contribution in [0.1, 0.15) is 64.1 Å². The quantitative estimate of drug-likeness (QED) is 0.643. The number of aliphatic hydroxyl groups is 1. The van der Waals surface area contributed by atoms with Crippen molar-refractivity contribution in [1.29, 1.82) is 0 Å². The van der Waals surface area contributed by atoms with E-state index in [4.69, 9.17) is 4.52 Å². The lowest BCUT2D eigenvalue weighted by molar-refractivity contribution is -0.137. The van der Waals surface area contributed by atoms with Gasteiger partial charge in [0.15, 0.2) is 11.6 Å². The van der Waals surface area contributed by atoms with Gasteiger partial charge in [-0.1, -0.05) is 19.0 Å². The first-order valence-electron chi connectivity index (χ1n) is 12.3. The molecule has 1 N–H and O–H groups in total. The number of likely N-dealkylation sites (tertiary alicyclic amines) is 2. The number of hydrogen-bond acceptors (Lipinski definition) is 7. The van der Waals surface area contributed by atoms with Crippen LogP contribution >= 0.6 is 0 Å². The maximum Gasteiger partial charge on any atom is 0.234 e. The molecule has 2 atom stereocenters. The number of rotatable bonds is 7. The second kappa shape index (κ2) is 10.3. The zero-order chi connectivity index (χ0) is 22.7. The summed E-state index contributed by atoms with van der Waals surface area (Å²) in [5.74, 6) is 1.71. The second-order valence-electron chi connectivity index (χ2n) is 10.1. The Morgan fingerprint density at radius 3 is 2.53 bits per heavy atom. The van der Waals surface area contributed by atoms with Gasteiger partial charge in [0, 0.05) is 45.3 Å². The molecule has 3 saturated heterocycles. The van der Waals surface area contributed by atoms with Crippen LogP contribution in [0.15, 0.2) is 10.6 Å². The SMILES string of the molecule is CC(C)C(C(=O)N1CCCC1C=O)c1cc(N2CCC(CN3CCC(O)CC3)CC2)no1. The number of aliphatic hydroxyl groups excluding tert-OH is 1. The monoisotopic (exact) mass is 446 g/mol. The van der Waals surface area contributed by atoms with Crippen LogP contribution in [0.4, 0.5) is 5.82 Å². The molecule has 0 spiro atoms. The highest BCUT2D eigenvalue weighted by atomic mass is 16.5. The minimum absolute atomic E-state index is 0.0253. The van der Waals surface area contributed by atoms with E-state index in [2.05, 4.69) is 15.0 Å². The van der Waals surface area contributed by atoms with Gasteiger partial charge >= 0.3 is 0 Å². The zero-order valence-corrected chi connectivity index (χ0v) is 19.5. The van der Waals surface area contributed by atoms with Crippen molar-refractivity contribution in [3.8, 4) is 0 Å². The molecule has 8 heteroatoms. The molecule has 8 nitrogen and oxygen atoms in total. The number of amides is 1. The van der Waals surface area contributed by atoms with E-state index in [1.54, 1.807) is 4.90 Å². The van der Waals surface area contributed by atoms with Crippen LogP contribution in [0.2, 0.25) is 0 Å². The number of carbonyl (C=O) groups excluding carboxylic acids is 2. The summed E-state index contributed by atoms with van der Waals surface area (Å²) in [6, 6.07) is 1.62. The average Bonchev–Trinajstić information content (AvgIpc) is 3.45. The summed E-state index contributed by atoms with van der Waals surface area (Å²) in [5, 5.41) is 14.0. The van der Waals surface area contributed by atoms with E-state index >= 15 is 0 Å². The Kier molecular flexibility index (Phi) is 7.51. The molecule has 1 aromatic rings. The molecule has 32 heavy (non-hydrogen) atoms. The van der Waals surface area contributed by atoms with Crippen LogP contribution in [-0.2, 0) is 9.59 Å². The van der Waals surface area contributed by atoms with E-state index in [0.717, 1.165) is 83.4 Å². The molecule has 3 aliphatic rings. The van der Waals surface area contributed by atoms with Crippen molar-refractivity contribution >= 4 is 18.0 Å². The van der Waals surface area contributed by atoms with Gasteiger partial charge in [-0.2, -0.15) is 0 Å². The molecular weight excluding hydrogens is 408 g/mol. The third kappa shape index (κ3) is 5.17. The lowest BCUT2D eigenvalue weighted by Gasteiger charge is -2.36. The average molecular weight is 447 g/mol. The molecule has 0 radical (unpaired) electrons. The van der Waals surface area contributed by atoms with Gasteiger partial charge in [0.1, 0.15) is 12.2 Å². The summed E-state index contributed by atoms with van der Waals surface area (Å²) in [6.07, 6.45) is 6.40. The van der Waals surface area contributed by atoms with Gasteiger partial charge in [-0.25, -0.2) is 0 Å². The second-order valence-corrected chi connectivity index (χ2v) is 10.1. The third-order valence-electron chi connectivity index (χ3n) is 7.51. The molecule has 1 aromatic heterocycles. The molecule has 4 heterocycles. The van der Waals surface area contributed by atoms with Gasteiger partial charge in [-0.3, -0.25) is 4.79 Å². The van der Waals surface area contributed by atoms with E-state index in [1.165, 1.54) is 0 Å². The van der Waals surface area contributed by atoms with Crippen molar-refractivity contribution in [3.05, 3.63) is 11.8 Å². The summed E-state index contributed by atoms with van der Waals surface area (Å²) in [6.45, 7) is 9.66. The fourth-order valence-corrected chi connectivity index (χ4v) is 5.51. The Morgan fingerprint density at radius 2 is 1.88 bits per heavy atom. The Hall–Kier alpha value is -1.93. The van der Waals surface area contributed by atoms with Crippen LogP contribution < -0.4 is 4.90 Å². The van der Waals surface area contributed by atoms with Crippen molar-refractivity contribution < 1.29 is 19.2 Å². The van der Waals surface area contributed by atoms with Crippen LogP contribution in [0.5, 0.6) is 0 Å². The summed E-state index contributed by atoms with van der Waals surface area (Å²) in [4.78, 5) is 31.1. The lowest BCUT2D eigenvalue weighted by atomic mass is 9.91. The predicted octanol–water partition coefficient (Wildman–Crippen LogP) is 2.28. The Balaban J connectivity index is 1.34. The fourth-order valence-electron chi connectivity index (χ4n) is 5.51. The van der Waals surface area contributed by atoms with Gasteiger partial charge in [-0.05, 0) is 50.4 Å². The molecule has 3 fully saturated rings. The summed E-state index contributed by atoms with van der Waals surface area (Å²) >= 11 is 0. The van der Waals surface area contributed by atoms with Crippen molar-refractivity contribution in [2.75, 3.05) is 44.2 Å². The highest BCUT2D eigenvalue weighted by molar-refractivity contribution is 5.86. The number of anilines is 1. The minimum atomic E-state index is -0.413. The van der Waals surface area contributed by atoms with Gasteiger partial charge in [-0.15, -0.1) is 0 Å². The molecule has 2 unspecified atom stereocenters. The van der Waals surface area contributed by atoms with Gasteiger partial charge < -0.3 is 29.1 Å². The fraction of sp³-hybridized carbons (Fsp3) is 0.792. The topological polar surface area (TPSA) is 90.1 Å². The molecule has 0 bridgehead atoms. The largest absolute Gasteiger partial charge is 0.393 e. The van der Waals surface area contributed by atoms with Crippen LogP contribution in [0.3, 0.4) is 0 Å². The number of hydrogen-bond donors (Lipinski definition) is 1. The Morgan fingerprint density at radius 1 is 1.16 bits per heavy atom. The maximum atomic E-state index is 13.2. The van der Waals surface area contributed by atoms with Crippen LogP contribution in [-0.4, -0.2) is 83.7 Å². The Labute approximate surface area is 190 Å². The minimum Gasteiger partial charge on any atom is -0.393 e. The van der Waals surface area contributed by atoms with E-state index in [1.807, 2.05) is 19.9 Å². The smallest absolute Gasteiger partial charge is 0.234 e. The molecule has 3 aliphatic heterocycles. The first-order chi connectivity index (χ1) is 15.5. The lowest BCUT2D eigenvalue weighted by Crippen LogP contribution is -2.42. The van der Waals surface area contributed by atoms with Crippen molar-refractivity contribution in [2.24, 2.45) is 11.8 Å². The molecule has 0 aromatic carbocycles. The van der Waals surface area contributed by atoms with E-state index in [0.29, 0.717) is 18.2 Å². The van der Waals surface area contributed by atoms with E-state index in [-0.39, 0.29) is 24.0 Å². The standard InChI is InChI=1S/C24H38N4O4/c1-17(2)23(24(31)28-9-3-4-19(28)16-29)21-14-22(25-32-21)27-12-5-18(6-13-27)15-26-10-7-20(30)8-11-26/h14,16-20,23,30H,3-13,15H2,1-2H3. The van der Waals surface area contributed by atoms with Crippen LogP contribution in [0, 0.1) is 11.8 Å². The van der Waals surface area contributed by atoms with Crippen molar-refractivity contribution in [3.63, 3.8) is 0 Å². The number of piperidine rings is 2. The zero-order valence-electron chi connectivity index (χ0n) is 19.5. The highest BCUT2D eigenvalue weighted by Gasteiger charge is 2.37. The molecule has 0 aliphatic carbocycles. The van der Waals surface area contributed by atoms with E-state index < -0.39 is 5.92 Å². The molecule has 178 valence electrons. The Bertz CT molecular complexity index is 766. The van der Waals surface area contributed by atoms with Gasteiger partial charge in [0.05, 0.1) is 12.1 Å². The van der Waals surface area contributed by atoms with Gasteiger partial charge in [0.25, 0.3) is 0 Å². The number of nitrogens with zero attached hydrogens (tertiary/aromatic N) is 4. The number of aromatic nitrogens is 1. The predicted molar refractivity (Wildman–Crippen MR) is 121 cm³/mol. The molecular formula is C24H38N4O4. The first-order valence-corrected chi connectivity index (χ1v) is 12.3. The summed E-state index contributed by atoms with van der Waals surface area (Å²) < 4.78 is 5.69. The normalized spacial score (nSPS) is 24.9. The maximum absolute atomic E-state index is 13.2. The first kappa shape index (κ1) is 23.2. The number of carbonyl (C=O) groups is 2. The van der Waals surface area contributed by atoms with Crippen molar-refractivity contribution in [1.82, 2.24) is 15.0 Å². The van der Waals surface area contributed by atoms with Crippen LogP contribution in [0.25, 0.3) is 0 Å². The molecule has 1 amide bonds. The van der Waals surface area contributed by atoms with Crippen molar-refractivity contribution in [2.45, 2.75) is 70.4 Å². The van der Waals surface area contributed by atoms with E-state index in [9.17, 15) is 14.7 Å². The third-order valence-corrected chi connectivity index (χ3v) is 7.51. The van der Waals surface area contributed by atoms with Gasteiger partial charge in [0.2, 0.25) is 5.91 Å².